The molecule has 0 aliphatic carbocycles. The summed E-state index contributed by atoms with van der Waals surface area (Å²) in [5.74, 6) is 0.498. The van der Waals surface area contributed by atoms with Crippen molar-refractivity contribution in [1.82, 2.24) is 9.80 Å². The van der Waals surface area contributed by atoms with Gasteiger partial charge in [0, 0.05) is 38.0 Å². The molecule has 2 atom stereocenters. The van der Waals surface area contributed by atoms with Gasteiger partial charge in [-0.3, -0.25) is 4.79 Å². The highest BCUT2D eigenvalue weighted by atomic mass is 16.6. The van der Waals surface area contributed by atoms with Gasteiger partial charge in [-0.15, -0.1) is 6.58 Å². The van der Waals surface area contributed by atoms with Gasteiger partial charge in [0.2, 0.25) is 5.91 Å². The topological polar surface area (TPSA) is 49.9 Å². The van der Waals surface area contributed by atoms with Crippen LogP contribution in [0.25, 0.3) is 0 Å². The lowest BCUT2D eigenvalue weighted by Crippen LogP contribution is -2.39. The number of hydrogen-bond donors (Lipinski definition) is 0. The normalized spacial score (nSPS) is 26.8. The number of ether oxygens (including phenoxy) is 1. The fourth-order valence-electron chi connectivity index (χ4n) is 3.17. The fraction of sp³-hybridized carbons (Fsp3) is 0.765. The van der Waals surface area contributed by atoms with E-state index in [4.69, 9.17) is 4.74 Å². The van der Waals surface area contributed by atoms with E-state index in [9.17, 15) is 9.59 Å². The Kier molecular flexibility index (Phi) is 5.14. The van der Waals surface area contributed by atoms with Gasteiger partial charge < -0.3 is 14.5 Å². The molecule has 5 nitrogen and oxygen atoms in total. The lowest BCUT2D eigenvalue weighted by Gasteiger charge is -2.28. The average Bonchev–Trinajstić information content (AvgIpc) is 2.64. The molecule has 2 aliphatic heterocycles. The van der Waals surface area contributed by atoms with Crippen LogP contribution in [0.3, 0.4) is 0 Å². The molecule has 0 bridgehead atoms. The Morgan fingerprint density at radius 2 is 2.05 bits per heavy atom. The van der Waals surface area contributed by atoms with Crippen LogP contribution in [0.15, 0.2) is 12.7 Å². The van der Waals surface area contributed by atoms with Crippen molar-refractivity contribution < 1.29 is 14.3 Å². The number of amides is 2. The number of rotatable bonds is 2. The summed E-state index contributed by atoms with van der Waals surface area (Å²) in [5.41, 5.74) is -0.467. The van der Waals surface area contributed by atoms with E-state index < -0.39 is 5.60 Å². The zero-order valence-corrected chi connectivity index (χ0v) is 14.0. The molecule has 0 N–H and O–H groups in total. The molecule has 0 radical (unpaired) electrons. The predicted octanol–water partition coefficient (Wildman–Crippen LogP) is 2.81. The van der Waals surface area contributed by atoms with E-state index in [1.54, 1.807) is 4.90 Å². The Labute approximate surface area is 133 Å². The lowest BCUT2D eigenvalue weighted by atomic mass is 10.1. The van der Waals surface area contributed by atoms with E-state index in [2.05, 4.69) is 6.58 Å². The molecule has 124 valence electrons. The van der Waals surface area contributed by atoms with E-state index in [1.165, 1.54) is 0 Å². The first-order chi connectivity index (χ1) is 10.3. The molecule has 2 aliphatic rings. The lowest BCUT2D eigenvalue weighted by molar-refractivity contribution is -0.129. The minimum atomic E-state index is -0.467. The monoisotopic (exact) mass is 308 g/mol. The molecule has 22 heavy (non-hydrogen) atoms. The first-order valence-electron chi connectivity index (χ1n) is 8.20. The second-order valence-electron chi connectivity index (χ2n) is 7.30. The number of likely N-dealkylation sites (tertiary alicyclic amines) is 2. The van der Waals surface area contributed by atoms with E-state index in [0.717, 1.165) is 25.8 Å². The van der Waals surface area contributed by atoms with Gasteiger partial charge in [-0.25, -0.2) is 4.79 Å². The summed E-state index contributed by atoms with van der Waals surface area (Å²) in [6, 6.07) is 0.241. The minimum absolute atomic E-state index is 0.223. The number of hydrogen-bond acceptors (Lipinski definition) is 3. The number of carbonyl (C=O) groups excluding carboxylic acids is 2. The van der Waals surface area contributed by atoms with Crippen LogP contribution in [0.5, 0.6) is 0 Å². The van der Waals surface area contributed by atoms with Gasteiger partial charge in [0.15, 0.2) is 0 Å². The molecule has 0 aromatic rings. The van der Waals surface area contributed by atoms with Crippen LogP contribution in [0.2, 0.25) is 0 Å². The van der Waals surface area contributed by atoms with E-state index in [0.29, 0.717) is 19.5 Å². The van der Waals surface area contributed by atoms with E-state index in [-0.39, 0.29) is 24.0 Å². The van der Waals surface area contributed by atoms with Crippen molar-refractivity contribution in [3.8, 4) is 0 Å². The van der Waals surface area contributed by atoms with Crippen molar-refractivity contribution in [2.45, 2.75) is 58.1 Å². The van der Waals surface area contributed by atoms with Crippen molar-refractivity contribution in [3.63, 3.8) is 0 Å². The molecule has 0 aromatic heterocycles. The second-order valence-corrected chi connectivity index (χ2v) is 7.30. The van der Waals surface area contributed by atoms with Gasteiger partial charge in [-0.05, 0) is 40.0 Å². The predicted molar refractivity (Wildman–Crippen MR) is 85.5 cm³/mol. The highest BCUT2D eigenvalue weighted by molar-refractivity contribution is 5.79. The van der Waals surface area contributed by atoms with Crippen LogP contribution < -0.4 is 0 Å². The maximum Gasteiger partial charge on any atom is 0.410 e. The summed E-state index contributed by atoms with van der Waals surface area (Å²) >= 11 is 0. The van der Waals surface area contributed by atoms with E-state index >= 15 is 0 Å². The average molecular weight is 308 g/mol. The third-order valence-electron chi connectivity index (χ3n) is 4.31. The molecule has 2 unspecified atom stereocenters. The third kappa shape index (κ3) is 4.24. The Bertz CT molecular complexity index is 442. The van der Waals surface area contributed by atoms with Gasteiger partial charge >= 0.3 is 6.09 Å². The maximum atomic E-state index is 12.2. The molecule has 2 rings (SSSR count). The van der Waals surface area contributed by atoms with Crippen molar-refractivity contribution in [2.75, 3.05) is 19.6 Å². The van der Waals surface area contributed by atoms with Crippen LogP contribution in [0, 0.1) is 5.92 Å². The SMILES string of the molecule is C=CC1CC(=O)N(C2CCCN(C(=O)OC(C)(C)C)CC2)C1. The molecule has 2 amide bonds. The summed E-state index contributed by atoms with van der Waals surface area (Å²) in [4.78, 5) is 28.1. The third-order valence-corrected chi connectivity index (χ3v) is 4.31. The molecule has 2 fully saturated rings. The quantitative estimate of drug-likeness (QED) is 0.737. The summed E-state index contributed by atoms with van der Waals surface area (Å²) in [6.45, 7) is 11.6. The zero-order chi connectivity index (χ0) is 16.3. The second kappa shape index (κ2) is 6.71. The van der Waals surface area contributed by atoms with Crippen LogP contribution in [-0.4, -0.2) is 53.1 Å². The van der Waals surface area contributed by atoms with Gasteiger partial charge in [-0.1, -0.05) is 6.08 Å². The van der Waals surface area contributed by atoms with Gasteiger partial charge in [0.25, 0.3) is 0 Å². The van der Waals surface area contributed by atoms with Gasteiger partial charge in [0.05, 0.1) is 0 Å². The smallest absolute Gasteiger partial charge is 0.410 e. The maximum absolute atomic E-state index is 12.2. The van der Waals surface area contributed by atoms with Crippen molar-refractivity contribution >= 4 is 12.0 Å². The molecule has 2 saturated heterocycles. The Hall–Kier alpha value is -1.52. The highest BCUT2D eigenvalue weighted by Gasteiger charge is 2.34. The summed E-state index contributed by atoms with van der Waals surface area (Å²) in [5, 5.41) is 0. The Morgan fingerprint density at radius 3 is 2.64 bits per heavy atom. The molecular formula is C17H28N2O3. The van der Waals surface area contributed by atoms with Crippen LogP contribution in [0.1, 0.15) is 46.5 Å². The molecule has 0 spiro atoms. The minimum Gasteiger partial charge on any atom is -0.444 e. The van der Waals surface area contributed by atoms with Crippen LogP contribution >= 0.6 is 0 Å². The zero-order valence-electron chi connectivity index (χ0n) is 14.0. The van der Waals surface area contributed by atoms with Crippen molar-refractivity contribution in [2.24, 2.45) is 5.92 Å². The molecule has 0 aromatic carbocycles. The summed E-state index contributed by atoms with van der Waals surface area (Å²) in [7, 11) is 0. The highest BCUT2D eigenvalue weighted by Crippen LogP contribution is 2.26. The molecular weight excluding hydrogens is 280 g/mol. The van der Waals surface area contributed by atoms with Crippen molar-refractivity contribution in [3.05, 3.63) is 12.7 Å². The van der Waals surface area contributed by atoms with Crippen molar-refractivity contribution in [1.29, 1.82) is 0 Å². The number of carbonyl (C=O) groups is 2. The fourth-order valence-corrected chi connectivity index (χ4v) is 3.17. The number of nitrogens with zero attached hydrogens (tertiary/aromatic N) is 2. The Balaban J connectivity index is 1.91. The van der Waals surface area contributed by atoms with Crippen LogP contribution in [0.4, 0.5) is 4.79 Å². The standard InChI is InChI=1S/C17H28N2O3/c1-5-13-11-15(20)19(12-13)14-7-6-9-18(10-8-14)16(21)22-17(2,3)4/h5,13-14H,1,6-12H2,2-4H3. The van der Waals surface area contributed by atoms with Gasteiger partial charge in [0.1, 0.15) is 5.60 Å². The van der Waals surface area contributed by atoms with Crippen LogP contribution in [-0.2, 0) is 9.53 Å². The summed E-state index contributed by atoms with van der Waals surface area (Å²) in [6.07, 6.45) is 4.90. The first kappa shape index (κ1) is 16.8. The molecule has 0 saturated carbocycles. The molecule has 2 heterocycles. The summed E-state index contributed by atoms with van der Waals surface area (Å²) < 4.78 is 5.44. The largest absolute Gasteiger partial charge is 0.444 e. The first-order valence-corrected chi connectivity index (χ1v) is 8.20. The molecule has 5 heteroatoms. The Morgan fingerprint density at radius 1 is 1.32 bits per heavy atom. The van der Waals surface area contributed by atoms with E-state index in [1.807, 2.05) is 31.7 Å². The van der Waals surface area contributed by atoms with Gasteiger partial charge in [-0.2, -0.15) is 0 Å².